The van der Waals surface area contributed by atoms with E-state index in [9.17, 15) is 14.7 Å². The molecule has 1 saturated heterocycles. The Morgan fingerprint density at radius 2 is 1.83 bits per heavy atom. The number of hydrogen-bond acceptors (Lipinski definition) is 5. The number of nitrogens with zero attached hydrogens (tertiary/aromatic N) is 1. The molecule has 6 heteroatoms. The molecule has 0 bridgehead atoms. The highest BCUT2D eigenvalue weighted by atomic mass is 16.5. The molecular formula is C24H23NO5. The maximum atomic E-state index is 13.5. The third-order valence-electron chi connectivity index (χ3n) is 6.22. The lowest BCUT2D eigenvalue weighted by atomic mass is 9.97. The van der Waals surface area contributed by atoms with E-state index in [1.165, 1.54) is 0 Å². The Labute approximate surface area is 173 Å². The summed E-state index contributed by atoms with van der Waals surface area (Å²) in [5.41, 5.74) is 3.36. The van der Waals surface area contributed by atoms with Crippen molar-refractivity contribution in [2.24, 2.45) is 0 Å². The number of aromatic hydroxyl groups is 1. The van der Waals surface area contributed by atoms with Gasteiger partial charge in [-0.15, -0.1) is 0 Å². The molecule has 2 aliphatic heterocycles. The van der Waals surface area contributed by atoms with Crippen LogP contribution in [0, 0.1) is 13.8 Å². The fraction of sp³-hybridized carbons (Fsp3) is 0.333. The summed E-state index contributed by atoms with van der Waals surface area (Å²) in [6.07, 6.45) is 1.78. The van der Waals surface area contributed by atoms with Crippen LogP contribution in [-0.2, 0) is 4.74 Å². The molecule has 154 valence electrons. The number of carbonyl (C=O) groups excluding carboxylic acids is 1. The quantitative estimate of drug-likeness (QED) is 0.716. The summed E-state index contributed by atoms with van der Waals surface area (Å²) in [7, 11) is 0. The highest BCUT2D eigenvalue weighted by molar-refractivity contribution is 5.99. The minimum atomic E-state index is -0.570. The van der Waals surface area contributed by atoms with Crippen LogP contribution in [0.2, 0.25) is 0 Å². The van der Waals surface area contributed by atoms with Crippen LogP contribution in [-0.4, -0.2) is 35.2 Å². The fourth-order valence-electron chi connectivity index (χ4n) is 4.47. The number of phenolic OH excluding ortho intramolecular Hbond substituents is 1. The summed E-state index contributed by atoms with van der Waals surface area (Å²) in [6.45, 7) is 4.98. The van der Waals surface area contributed by atoms with Gasteiger partial charge in [0.2, 0.25) is 5.76 Å². The number of amides is 1. The van der Waals surface area contributed by atoms with Gasteiger partial charge in [-0.1, -0.05) is 12.1 Å². The Morgan fingerprint density at radius 1 is 1.10 bits per heavy atom. The van der Waals surface area contributed by atoms with Crippen molar-refractivity contribution < 1.29 is 19.1 Å². The van der Waals surface area contributed by atoms with E-state index in [-0.39, 0.29) is 28.9 Å². The molecule has 2 aromatic carbocycles. The second-order valence-corrected chi connectivity index (χ2v) is 8.19. The molecule has 30 heavy (non-hydrogen) atoms. The second-order valence-electron chi connectivity index (χ2n) is 8.19. The van der Waals surface area contributed by atoms with E-state index < -0.39 is 6.04 Å². The molecule has 6 nitrogen and oxygen atoms in total. The Balaban J connectivity index is 1.72. The van der Waals surface area contributed by atoms with E-state index in [4.69, 9.17) is 9.15 Å². The minimum absolute atomic E-state index is 0.0584. The molecule has 0 aliphatic carbocycles. The zero-order valence-electron chi connectivity index (χ0n) is 17.0. The molecule has 5 rings (SSSR count). The van der Waals surface area contributed by atoms with Crippen molar-refractivity contribution in [3.63, 3.8) is 0 Å². The third-order valence-corrected chi connectivity index (χ3v) is 6.22. The molecule has 0 saturated carbocycles. The van der Waals surface area contributed by atoms with E-state index >= 15 is 0 Å². The first-order valence-corrected chi connectivity index (χ1v) is 10.2. The first kappa shape index (κ1) is 18.9. The number of aryl methyl sites for hydroxylation is 2. The van der Waals surface area contributed by atoms with Crippen LogP contribution in [0.4, 0.5) is 0 Å². The van der Waals surface area contributed by atoms with E-state index in [1.807, 2.05) is 26.0 Å². The van der Waals surface area contributed by atoms with Gasteiger partial charge in [-0.2, -0.15) is 0 Å². The molecule has 0 unspecified atom stereocenters. The van der Waals surface area contributed by atoms with Gasteiger partial charge in [0.1, 0.15) is 11.3 Å². The highest BCUT2D eigenvalue weighted by Crippen LogP contribution is 2.39. The number of phenols is 1. The van der Waals surface area contributed by atoms with Gasteiger partial charge >= 0.3 is 0 Å². The predicted molar refractivity (Wildman–Crippen MR) is 112 cm³/mol. The maximum absolute atomic E-state index is 13.5. The number of rotatable bonds is 3. The van der Waals surface area contributed by atoms with Gasteiger partial charge in [0.05, 0.1) is 23.1 Å². The summed E-state index contributed by atoms with van der Waals surface area (Å²) < 4.78 is 11.8. The van der Waals surface area contributed by atoms with Gasteiger partial charge in [-0.3, -0.25) is 9.59 Å². The fourth-order valence-corrected chi connectivity index (χ4v) is 4.47. The van der Waals surface area contributed by atoms with Gasteiger partial charge in [-0.25, -0.2) is 0 Å². The molecule has 2 atom stereocenters. The molecule has 3 aromatic rings. The van der Waals surface area contributed by atoms with E-state index in [0.717, 1.165) is 29.5 Å². The first-order valence-electron chi connectivity index (χ1n) is 10.2. The summed E-state index contributed by atoms with van der Waals surface area (Å²) in [6, 6.07) is 9.70. The molecule has 1 N–H and O–H groups in total. The normalized spacial score (nSPS) is 20.9. The van der Waals surface area contributed by atoms with Gasteiger partial charge in [0.15, 0.2) is 5.43 Å². The lowest BCUT2D eigenvalue weighted by Crippen LogP contribution is -2.36. The Hall–Kier alpha value is -3.12. The zero-order valence-corrected chi connectivity index (χ0v) is 17.0. The number of hydrogen-bond donors (Lipinski definition) is 1. The van der Waals surface area contributed by atoms with Crippen molar-refractivity contribution in [2.45, 2.75) is 38.8 Å². The third kappa shape index (κ3) is 2.91. The summed E-state index contributed by atoms with van der Waals surface area (Å²) in [5, 5.41) is 10.2. The van der Waals surface area contributed by atoms with Crippen molar-refractivity contribution in [2.75, 3.05) is 13.2 Å². The van der Waals surface area contributed by atoms with Crippen LogP contribution in [0.25, 0.3) is 11.0 Å². The van der Waals surface area contributed by atoms with E-state index in [2.05, 4.69) is 0 Å². The van der Waals surface area contributed by atoms with Gasteiger partial charge in [0.25, 0.3) is 5.91 Å². The predicted octanol–water partition coefficient (Wildman–Crippen LogP) is 3.84. The monoisotopic (exact) mass is 405 g/mol. The second kappa shape index (κ2) is 6.99. The minimum Gasteiger partial charge on any atom is -0.508 e. The van der Waals surface area contributed by atoms with E-state index in [0.29, 0.717) is 29.7 Å². The topological polar surface area (TPSA) is 80.0 Å². The average Bonchev–Trinajstić information content (AvgIpc) is 3.33. The van der Waals surface area contributed by atoms with E-state index in [1.54, 1.807) is 29.2 Å². The molecule has 1 fully saturated rings. The number of fused-ring (bicyclic) bond motifs is 2. The average molecular weight is 405 g/mol. The first-order chi connectivity index (χ1) is 14.4. The Bertz CT molecular complexity index is 1200. The van der Waals surface area contributed by atoms with Crippen LogP contribution in [0.1, 0.15) is 51.7 Å². The summed E-state index contributed by atoms with van der Waals surface area (Å²) in [4.78, 5) is 28.6. The molecule has 3 heterocycles. The molecular weight excluding hydrogens is 382 g/mol. The molecule has 2 aliphatic rings. The van der Waals surface area contributed by atoms with Crippen LogP contribution in [0.5, 0.6) is 5.75 Å². The van der Waals surface area contributed by atoms with Crippen molar-refractivity contribution >= 4 is 16.9 Å². The zero-order chi connectivity index (χ0) is 21.0. The van der Waals surface area contributed by atoms with Crippen LogP contribution >= 0.6 is 0 Å². The molecule has 0 radical (unpaired) electrons. The van der Waals surface area contributed by atoms with Crippen molar-refractivity contribution in [1.82, 2.24) is 4.90 Å². The van der Waals surface area contributed by atoms with Crippen LogP contribution in [0.3, 0.4) is 0 Å². The number of benzene rings is 2. The largest absolute Gasteiger partial charge is 0.508 e. The smallest absolute Gasteiger partial charge is 0.291 e. The Morgan fingerprint density at radius 3 is 2.53 bits per heavy atom. The van der Waals surface area contributed by atoms with Crippen LogP contribution in [0.15, 0.2) is 45.6 Å². The number of ether oxygens (including phenoxy) is 1. The lowest BCUT2D eigenvalue weighted by molar-refractivity contribution is 0.0486. The van der Waals surface area contributed by atoms with Crippen LogP contribution < -0.4 is 5.43 Å². The highest BCUT2D eigenvalue weighted by Gasteiger charge is 2.43. The van der Waals surface area contributed by atoms with Gasteiger partial charge in [-0.05, 0) is 67.6 Å². The molecule has 1 aromatic heterocycles. The number of carbonyl (C=O) groups is 1. The standard InChI is InChI=1S/C24H23NO5/c1-13-10-18-19(11-14(13)2)30-23-20(22(18)27)21(15-5-7-16(26)8-6-15)25(24(23)28)12-17-4-3-9-29-17/h5-8,10-11,17,21,26H,3-4,9,12H2,1-2H3/t17-,21+/m1/s1. The van der Waals surface area contributed by atoms with Gasteiger partial charge < -0.3 is 19.2 Å². The van der Waals surface area contributed by atoms with Crippen molar-refractivity contribution in [3.05, 3.63) is 74.6 Å². The van der Waals surface area contributed by atoms with Crippen molar-refractivity contribution in [1.29, 1.82) is 0 Å². The van der Waals surface area contributed by atoms with Crippen molar-refractivity contribution in [3.8, 4) is 5.75 Å². The molecule has 1 amide bonds. The summed E-state index contributed by atoms with van der Waals surface area (Å²) >= 11 is 0. The SMILES string of the molecule is Cc1cc2oc3c(c(=O)c2cc1C)[C@H](c1ccc(O)cc1)N(C[C@H]1CCCO1)C3=O. The lowest BCUT2D eigenvalue weighted by Gasteiger charge is -2.27. The Kier molecular flexibility index (Phi) is 4.40. The molecule has 0 spiro atoms. The maximum Gasteiger partial charge on any atom is 0.291 e. The summed E-state index contributed by atoms with van der Waals surface area (Å²) in [5.74, 6) is -0.0618. The van der Waals surface area contributed by atoms with Gasteiger partial charge in [0, 0.05) is 13.2 Å².